The zero-order valence-corrected chi connectivity index (χ0v) is 23.1. The average molecular weight is 563 g/mol. The minimum absolute atomic E-state index is 0.0247. The summed E-state index contributed by atoms with van der Waals surface area (Å²) in [6, 6.07) is -0.0923. The second-order valence-electron chi connectivity index (χ2n) is 12.2. The molecule has 1 saturated carbocycles. The van der Waals surface area contributed by atoms with Crippen molar-refractivity contribution in [3.05, 3.63) is 39.7 Å². The molecule has 0 unspecified atom stereocenters. The van der Waals surface area contributed by atoms with E-state index in [4.69, 9.17) is 14.0 Å². The van der Waals surface area contributed by atoms with Crippen molar-refractivity contribution in [2.24, 2.45) is 23.0 Å². The van der Waals surface area contributed by atoms with E-state index in [0.717, 1.165) is 0 Å². The van der Waals surface area contributed by atoms with Crippen molar-refractivity contribution < 1.29 is 43.0 Å². The van der Waals surface area contributed by atoms with Gasteiger partial charge in [-0.25, -0.2) is 0 Å². The maximum absolute atomic E-state index is 14.2. The number of aliphatic hydroxyl groups excluding tert-OH is 2. The summed E-state index contributed by atoms with van der Waals surface area (Å²) in [6.45, 7) is -0.228. The molecule has 0 spiro atoms. The maximum Gasteiger partial charge on any atom is 0.255 e. The summed E-state index contributed by atoms with van der Waals surface area (Å²) in [5.41, 5.74) is 0.110. The number of benzene rings is 1. The second kappa shape index (κ2) is 9.90. The number of aromatic hydroxyl groups is 1. The molecule has 11 heteroatoms. The predicted octanol–water partition coefficient (Wildman–Crippen LogP) is 1.17. The monoisotopic (exact) mass is 562 g/mol. The number of ketones is 2. The molecule has 0 aromatic heterocycles. The number of hydrogen-bond acceptors (Lipinski definition) is 10. The van der Waals surface area contributed by atoms with Crippen LogP contribution in [-0.2, 0) is 27.3 Å². The number of primary amides is 1. The van der Waals surface area contributed by atoms with Crippen LogP contribution in [0.4, 0.5) is 5.69 Å². The number of phenolic OH excluding ortho intramolecular Hbond substituents is 1. The molecule has 0 aliphatic heterocycles. The highest BCUT2D eigenvalue weighted by atomic mass is 16.3. The highest BCUT2D eigenvalue weighted by molar-refractivity contribution is 6.24. The largest absolute Gasteiger partial charge is 0.508 e. The highest BCUT2D eigenvalue weighted by Gasteiger charge is 2.64. The zero-order valence-electron chi connectivity index (χ0n) is 29.1. The first-order chi connectivity index (χ1) is 20.9. The van der Waals surface area contributed by atoms with E-state index >= 15 is 0 Å². The Kier molecular flexibility index (Phi) is 5.52. The van der Waals surface area contributed by atoms with Gasteiger partial charge in [-0.1, -0.05) is 20.8 Å². The summed E-state index contributed by atoms with van der Waals surface area (Å²) in [6.07, 6.45) is -0.530. The van der Waals surface area contributed by atoms with E-state index in [1.807, 2.05) is 20.8 Å². The van der Waals surface area contributed by atoms with Crippen molar-refractivity contribution >= 4 is 28.9 Å². The van der Waals surface area contributed by atoms with Crippen LogP contribution in [0.3, 0.4) is 0 Å². The zero-order chi connectivity index (χ0) is 35.1. The van der Waals surface area contributed by atoms with E-state index < -0.39 is 88.9 Å². The third kappa shape index (κ3) is 4.46. The standard InChI is InChI=1S/C29H40N4O7/c1-28(2,3)12-31-11-14-10-17(32(4)5)15-8-13-9-16-21(33(6)7)24(36)20(27(30)39)26(38)29(16,40)25(37)18(13)23(35)19(15)22(14)34/h10,13,16,21,31,34-35,38,40H,8-9,11-12H2,1-7H3,(H2,30,39)/t13-,16-,21-,29-/m0/s1/i4D3,5D3. The van der Waals surface area contributed by atoms with Crippen molar-refractivity contribution in [1.82, 2.24) is 10.2 Å². The number of nitrogens with two attached hydrogens (primary N) is 1. The number of nitrogens with one attached hydrogen (secondary N) is 1. The lowest BCUT2D eigenvalue weighted by molar-refractivity contribution is -0.153. The summed E-state index contributed by atoms with van der Waals surface area (Å²) < 4.78 is 48.4. The summed E-state index contributed by atoms with van der Waals surface area (Å²) in [5, 5.41) is 49.1. The molecule has 4 atom stereocenters. The molecule has 0 saturated heterocycles. The summed E-state index contributed by atoms with van der Waals surface area (Å²) >= 11 is 0. The Morgan fingerprint density at radius 2 is 1.88 bits per heavy atom. The van der Waals surface area contributed by atoms with Crippen molar-refractivity contribution in [2.75, 3.05) is 39.5 Å². The maximum atomic E-state index is 14.2. The molecule has 3 aliphatic rings. The third-order valence-electron chi connectivity index (χ3n) is 7.99. The Labute approximate surface area is 242 Å². The van der Waals surface area contributed by atoms with E-state index in [2.05, 4.69) is 5.32 Å². The van der Waals surface area contributed by atoms with E-state index in [-0.39, 0.29) is 46.5 Å². The second-order valence-corrected chi connectivity index (χ2v) is 12.2. The van der Waals surface area contributed by atoms with E-state index in [1.165, 1.54) is 25.1 Å². The molecule has 4 rings (SSSR count). The van der Waals surface area contributed by atoms with Gasteiger partial charge in [-0.15, -0.1) is 0 Å². The van der Waals surface area contributed by atoms with Gasteiger partial charge in [0.1, 0.15) is 22.8 Å². The minimum Gasteiger partial charge on any atom is -0.508 e. The number of likely N-dealkylation sites (N-methyl/N-ethyl adjacent to an activating group) is 1. The molecule has 7 N–H and O–H groups in total. The molecule has 11 nitrogen and oxygen atoms in total. The molecule has 0 heterocycles. The van der Waals surface area contributed by atoms with Gasteiger partial charge < -0.3 is 36.4 Å². The van der Waals surface area contributed by atoms with Gasteiger partial charge in [-0.2, -0.15) is 0 Å². The fourth-order valence-corrected chi connectivity index (χ4v) is 6.25. The summed E-state index contributed by atoms with van der Waals surface area (Å²) in [7, 11) is 2.92. The minimum atomic E-state index is -3.21. The first-order valence-electron chi connectivity index (χ1n) is 15.9. The fourth-order valence-electron chi connectivity index (χ4n) is 6.25. The smallest absolute Gasteiger partial charge is 0.255 e. The number of rotatable bonds is 6. The van der Waals surface area contributed by atoms with E-state index in [1.54, 1.807) is 0 Å². The van der Waals surface area contributed by atoms with Crippen LogP contribution in [0, 0.1) is 17.3 Å². The highest BCUT2D eigenvalue weighted by Crippen LogP contribution is 2.54. The number of carbonyl (C=O) groups is 3. The number of anilines is 1. The molecule has 1 fully saturated rings. The lowest BCUT2D eigenvalue weighted by Crippen LogP contribution is -2.65. The molecule has 1 aromatic rings. The first kappa shape index (κ1) is 22.3. The van der Waals surface area contributed by atoms with Gasteiger partial charge in [0.2, 0.25) is 5.78 Å². The number of phenols is 1. The topological polar surface area (TPSA) is 177 Å². The molecule has 218 valence electrons. The van der Waals surface area contributed by atoms with Crippen LogP contribution in [0.25, 0.3) is 5.76 Å². The van der Waals surface area contributed by atoms with Crippen molar-refractivity contribution in [3.8, 4) is 5.75 Å². The van der Waals surface area contributed by atoms with Gasteiger partial charge in [0.15, 0.2) is 11.4 Å². The lowest BCUT2D eigenvalue weighted by atomic mass is 9.57. The SMILES string of the molecule is [2H]C([2H])([2H])N(c1cc(CNCC(C)(C)C)c(O)c2c1C[C@H]1C[C@H]3[C@H](N(C)C)C(=O)C(C(N)=O)=C(O)[C@@]3(O)C(=O)C1=C2O)C([2H])([2H])[2H]. The molecular formula is C29H40N4O7. The van der Waals surface area contributed by atoms with Gasteiger partial charge in [0.05, 0.1) is 11.6 Å². The average Bonchev–Trinajstić information content (AvgIpc) is 2.85. The van der Waals surface area contributed by atoms with Crippen molar-refractivity contribution in [1.29, 1.82) is 0 Å². The Morgan fingerprint density at radius 1 is 1.23 bits per heavy atom. The molecule has 0 radical (unpaired) electrons. The Hall–Kier alpha value is -3.41. The molecule has 1 amide bonds. The van der Waals surface area contributed by atoms with Gasteiger partial charge in [0, 0.05) is 58.0 Å². The third-order valence-corrected chi connectivity index (χ3v) is 7.99. The fraction of sp³-hybridized carbons (Fsp3) is 0.552. The van der Waals surface area contributed by atoms with Gasteiger partial charge in [0.25, 0.3) is 5.91 Å². The number of hydrogen-bond donors (Lipinski definition) is 6. The predicted molar refractivity (Wildman–Crippen MR) is 150 cm³/mol. The molecule has 0 bridgehead atoms. The molecule has 1 aromatic carbocycles. The van der Waals surface area contributed by atoms with Crippen LogP contribution in [0.1, 0.15) is 52.1 Å². The lowest BCUT2D eigenvalue weighted by Gasteiger charge is -2.50. The van der Waals surface area contributed by atoms with Crippen LogP contribution in [0.2, 0.25) is 0 Å². The van der Waals surface area contributed by atoms with Gasteiger partial charge in [-0.3, -0.25) is 19.3 Å². The molecule has 3 aliphatic carbocycles. The Morgan fingerprint density at radius 3 is 2.42 bits per heavy atom. The Balaban J connectivity index is 2.03. The van der Waals surface area contributed by atoms with Crippen LogP contribution in [-0.4, -0.2) is 89.0 Å². The number of nitrogens with zero attached hydrogens (tertiary/aromatic N) is 2. The normalized spacial score (nSPS) is 29.4. The van der Waals surface area contributed by atoms with Gasteiger partial charge in [-0.05, 0) is 49.9 Å². The van der Waals surface area contributed by atoms with Crippen molar-refractivity contribution in [3.63, 3.8) is 0 Å². The number of Topliss-reactive ketones (excluding diaryl/α,β-unsaturated/α-hetero) is 2. The van der Waals surface area contributed by atoms with Crippen molar-refractivity contribution in [2.45, 2.75) is 51.8 Å². The number of amides is 1. The van der Waals surface area contributed by atoms with Crippen LogP contribution in [0.5, 0.6) is 5.75 Å². The first-order valence-corrected chi connectivity index (χ1v) is 12.9. The summed E-state index contributed by atoms with van der Waals surface area (Å²) in [4.78, 5) is 41.3. The molecular weight excluding hydrogens is 516 g/mol. The molecule has 40 heavy (non-hydrogen) atoms. The Bertz CT molecular complexity index is 1550. The number of aliphatic hydroxyl groups is 3. The van der Waals surface area contributed by atoms with Crippen LogP contribution in [0.15, 0.2) is 23.0 Å². The van der Waals surface area contributed by atoms with Crippen LogP contribution < -0.4 is 16.0 Å². The van der Waals surface area contributed by atoms with Gasteiger partial charge >= 0.3 is 0 Å². The number of carbonyl (C=O) groups excluding carboxylic acids is 3. The quantitative estimate of drug-likeness (QED) is 0.276. The van der Waals surface area contributed by atoms with E-state index in [9.17, 15) is 34.8 Å². The summed E-state index contributed by atoms with van der Waals surface area (Å²) in [5.74, 6) is -8.57. The van der Waals surface area contributed by atoms with E-state index in [0.29, 0.717) is 6.54 Å². The van der Waals surface area contributed by atoms with Crippen LogP contribution >= 0.6 is 0 Å². The number of fused-ring (bicyclic) bond motifs is 3.